The average Bonchev–Trinajstić information content (AvgIpc) is 1.62. The molecule has 2 fully saturated rings. The maximum atomic E-state index is 12.7. The summed E-state index contributed by atoms with van der Waals surface area (Å²) in [6.45, 7) is -0.146. The van der Waals surface area contributed by atoms with Crippen molar-refractivity contribution in [3.63, 3.8) is 0 Å². The molecule has 55 nitrogen and oxygen atoms in total. The van der Waals surface area contributed by atoms with Crippen LogP contribution in [0.4, 0.5) is 11.6 Å². The van der Waals surface area contributed by atoms with Crippen LogP contribution in [0.1, 0.15) is 120 Å². The molecule has 0 aliphatic carbocycles. The predicted molar refractivity (Wildman–Crippen MR) is 444 cm³/mol. The van der Waals surface area contributed by atoms with Crippen LogP contribution >= 0.6 is 90.1 Å². The minimum atomic E-state index is -5.77. The molecule has 0 aromatic carbocycles. The zero-order chi connectivity index (χ0) is 94.8. The highest BCUT2D eigenvalue weighted by atomic mass is 33.1. The van der Waals surface area contributed by atoms with E-state index in [0.29, 0.717) is 78.5 Å². The number of amides is 7. The second-order valence-electron chi connectivity index (χ2n) is 26.5. The number of rotatable bonds is 53. The molecular formula is C62H92N16O39P6S4. The number of phosphoric acid groups is 6. The maximum absolute atomic E-state index is 12.7. The molecule has 14 unspecified atom stereocenters. The number of carbonyl (C=O) groups is 11. The van der Waals surface area contributed by atoms with Crippen molar-refractivity contribution in [2.45, 2.75) is 158 Å². The van der Waals surface area contributed by atoms with E-state index in [1.165, 1.54) is 71.6 Å². The fourth-order valence-corrected chi connectivity index (χ4v) is 21.2. The number of hydrogen-bond donors (Lipinski definition) is 24. The van der Waals surface area contributed by atoms with E-state index < -0.39 is 182 Å². The van der Waals surface area contributed by atoms with E-state index in [0.717, 1.165) is 12.7 Å². The summed E-state index contributed by atoms with van der Waals surface area (Å²) >= 11 is 0. The van der Waals surface area contributed by atoms with Gasteiger partial charge in [-0.05, 0) is 25.7 Å². The largest absolute Gasteiger partial charge is 0.490 e. The maximum Gasteiger partial charge on any atom is 0.490 e. The molecule has 2 aliphatic heterocycles. The minimum Gasteiger partial charge on any atom is -0.481 e. The van der Waals surface area contributed by atoms with Crippen molar-refractivity contribution in [2.75, 3.05) is 73.9 Å². The summed E-state index contributed by atoms with van der Waals surface area (Å²) in [6, 6.07) is -4.75. The Kier molecular flexibility index (Phi) is 45.1. The lowest BCUT2D eigenvalue weighted by Crippen LogP contribution is -2.47. The monoisotopic (exact) mass is 2000 g/mol. The number of anilines is 2. The predicted octanol–water partition coefficient (Wildman–Crippen LogP) is -1.24. The Hall–Kier alpha value is -7.85. The number of nitrogens with one attached hydrogen (secondary N) is 7. The highest BCUT2D eigenvalue weighted by molar-refractivity contribution is 8.77. The molecule has 0 bridgehead atoms. The molecule has 14 atom stereocenters. The molecule has 2 saturated heterocycles. The Morgan fingerprint density at radius 3 is 1.28 bits per heavy atom. The molecule has 4 aromatic heterocycles. The van der Waals surface area contributed by atoms with Crippen molar-refractivity contribution >= 4 is 189 Å². The number of aromatic nitrogens is 6. The number of aliphatic hydroxyl groups is 2. The van der Waals surface area contributed by atoms with Crippen LogP contribution in [-0.2, 0) is 116 Å². The van der Waals surface area contributed by atoms with Gasteiger partial charge in [0.15, 0.2) is 0 Å². The van der Waals surface area contributed by atoms with E-state index in [9.17, 15) is 110 Å². The molecule has 127 heavy (non-hydrogen) atoms. The van der Waals surface area contributed by atoms with Gasteiger partial charge in [0.25, 0.3) is 0 Å². The molecule has 2 aliphatic rings. The number of carbonyl (C=O) groups excluding carboxylic acids is 7. The summed E-state index contributed by atoms with van der Waals surface area (Å²) in [5, 5.41) is 74.9. The second kappa shape index (κ2) is 52.3. The Morgan fingerprint density at radius 1 is 0.504 bits per heavy atom. The van der Waals surface area contributed by atoms with Gasteiger partial charge in [-0.2, -0.15) is 17.2 Å². The van der Waals surface area contributed by atoms with Crippen molar-refractivity contribution < 1.29 is 186 Å². The average molecular weight is 2000 g/mol. The summed E-state index contributed by atoms with van der Waals surface area (Å²) in [5.41, 5.74) is 19.2. The van der Waals surface area contributed by atoms with Crippen LogP contribution in [0.3, 0.4) is 0 Å². The number of carboxylic acid groups (broad SMARTS) is 4. The molecule has 6 heterocycles. The molecule has 708 valence electrons. The first-order valence-electron chi connectivity index (χ1n) is 36.8. The first kappa shape index (κ1) is 110. The second-order valence-corrected chi connectivity index (χ2v) is 40.6. The Labute approximate surface area is 734 Å². The molecular weight excluding hydrogens is 1910 g/mol. The number of nitrogens with two attached hydrogens (primary N) is 3. The van der Waals surface area contributed by atoms with Gasteiger partial charge in [0.1, 0.15) is 78.4 Å². The number of ether oxygens (including phenoxy) is 2. The van der Waals surface area contributed by atoms with Gasteiger partial charge in [-0.15, -0.1) is 0 Å². The molecule has 0 radical (unpaired) electrons. The van der Waals surface area contributed by atoms with Crippen molar-refractivity contribution in [2.24, 2.45) is 5.73 Å². The van der Waals surface area contributed by atoms with Crippen LogP contribution in [0.2, 0.25) is 0 Å². The van der Waals surface area contributed by atoms with Gasteiger partial charge in [0.05, 0.1) is 79.3 Å². The highest BCUT2D eigenvalue weighted by Gasteiger charge is 2.46. The van der Waals surface area contributed by atoms with Gasteiger partial charge in [-0.25, -0.2) is 56.9 Å². The third-order valence-corrected chi connectivity index (χ3v) is 28.9. The van der Waals surface area contributed by atoms with E-state index in [-0.39, 0.29) is 110 Å². The number of nitrogen functional groups attached to an aromatic ring is 2. The number of carboxylic acids is 4. The van der Waals surface area contributed by atoms with Crippen LogP contribution in [0.15, 0.2) is 25.0 Å². The van der Waals surface area contributed by atoms with Crippen molar-refractivity contribution in [1.82, 2.24) is 66.3 Å². The van der Waals surface area contributed by atoms with Gasteiger partial charge in [-0.1, -0.05) is 79.7 Å². The summed E-state index contributed by atoms with van der Waals surface area (Å²) in [6.07, 6.45) is -0.794. The lowest BCUT2D eigenvalue weighted by atomic mass is 10.1. The normalized spacial score (nSPS) is 19.1. The molecule has 6 rings (SSSR count). The number of unbranched alkanes of at least 4 members (excludes halogenated alkanes) is 4. The van der Waals surface area contributed by atoms with Crippen LogP contribution < -0.4 is 54.4 Å². The van der Waals surface area contributed by atoms with E-state index >= 15 is 0 Å². The van der Waals surface area contributed by atoms with Gasteiger partial charge in [-0.3, -0.25) is 52.2 Å². The minimum absolute atomic E-state index is 0.00402. The zero-order valence-electron chi connectivity index (χ0n) is 66.3. The van der Waals surface area contributed by atoms with Crippen LogP contribution in [0.5, 0.6) is 0 Å². The van der Waals surface area contributed by atoms with Crippen molar-refractivity contribution in [1.29, 1.82) is 0 Å². The van der Waals surface area contributed by atoms with E-state index in [2.05, 4.69) is 107 Å². The summed E-state index contributed by atoms with van der Waals surface area (Å²) in [4.78, 5) is 218. The molecule has 0 spiro atoms. The number of fused-ring (bicyclic) bond motifs is 2. The summed E-state index contributed by atoms with van der Waals surface area (Å²) in [7, 11) is -28.5. The Balaban J connectivity index is 0.000000451. The quantitative estimate of drug-likeness (QED) is 0.0106. The smallest absolute Gasteiger partial charge is 0.481 e. The number of aliphatic hydroxyl groups excluding tert-OH is 2. The van der Waals surface area contributed by atoms with Gasteiger partial charge in [0, 0.05) is 93.9 Å². The molecule has 27 N–H and O–H groups in total. The van der Waals surface area contributed by atoms with Gasteiger partial charge in [0.2, 0.25) is 41.4 Å². The van der Waals surface area contributed by atoms with Crippen LogP contribution in [0.25, 0.3) is 22.1 Å². The molecule has 4 aromatic rings. The van der Waals surface area contributed by atoms with Crippen molar-refractivity contribution in [3.05, 3.63) is 36.2 Å². The number of phosphoric ester groups is 2. The molecule has 7 amide bonds. The number of aliphatic carboxylic acids is 4. The Morgan fingerprint density at radius 2 is 0.898 bits per heavy atom. The SMILES string of the molecule is CC(=O)NC(CSSCCC(=O)NCC#Cc1cn(C2CC(O)C(COP(=O)(O)OP(=O)(O)OP(=O)(O)O)O2)c2ncnc(N)c12)C(=O)NCCCCCC(=O)NC(CC(=O)O)C(=O)O.Nc1ncnc2c1c(C#CCNC(=O)CCSSCC(N)C(=O)NCCCCCC(=O)NC(CC(=O)O)C(=O)O)cn2C1CC(O)C(COP(=O)(O)OP(=O)(O)OP(=O)(O)O)O1. The summed E-state index contributed by atoms with van der Waals surface area (Å²) in [5.74, 6) is 3.85. The first-order chi connectivity index (χ1) is 59.3. The molecule has 65 heteroatoms. The number of hydrogen-bond acceptors (Lipinski definition) is 38. The van der Waals surface area contributed by atoms with E-state index in [4.69, 9.17) is 66.7 Å². The van der Waals surface area contributed by atoms with Crippen LogP contribution in [0, 0.1) is 23.7 Å². The lowest BCUT2D eigenvalue weighted by Gasteiger charge is -2.19. The lowest BCUT2D eigenvalue weighted by molar-refractivity contribution is -0.147. The van der Waals surface area contributed by atoms with Crippen molar-refractivity contribution in [3.8, 4) is 23.7 Å². The van der Waals surface area contributed by atoms with Gasteiger partial charge >= 0.3 is 70.8 Å². The van der Waals surface area contributed by atoms with E-state index in [1.807, 2.05) is 0 Å². The van der Waals surface area contributed by atoms with Gasteiger partial charge < -0.3 is 143 Å². The third-order valence-electron chi connectivity index (χ3n) is 16.4. The third kappa shape index (κ3) is 41.4. The van der Waals surface area contributed by atoms with E-state index in [1.54, 1.807) is 0 Å². The van der Waals surface area contributed by atoms with Crippen LogP contribution in [-0.4, -0.2) is 275 Å². The molecule has 0 saturated carbocycles. The Bertz CT molecular complexity index is 4990. The topological polar surface area (TPSA) is 871 Å². The summed E-state index contributed by atoms with van der Waals surface area (Å²) < 4.78 is 107. The fraction of sp³-hybridized carbons (Fsp3) is 0.565. The standard InChI is InChI=1S/C32H47N8O20P3S2.C30H45N8O19P3S2/c1-18(41)38-21(31(47)35-9-4-2-3-7-25(44)39-20(32(48)49)12-27(45)46)16-65-64-11-8-24(43)34-10-5-6-19-14-40(30-28(19)29(33)36-17-37-30)26-13-22(42)23(58-26)15-57-62(53,54)60-63(55,56)59-61(50,51)52;31-18(29(44)34-8-3-1-2-6-23(41)37-19(30(45)46)11-25(42)43)15-62-61-10-7-22(40)33-9-4-5-17-13-38(28-26(17)27(32)35-16-36-28)24-12-20(39)21(55-24)14-54-59(50,51)57-60(52,53)56-58(47,48)49/h14,17,20-23,26,42H,2-4,7-13,15-16H2,1H3,(H,34,43)(H,35,47)(H,38,41)(H,39,44)(H,45,46)(H,48,49)(H,53,54)(H,55,56)(H2,33,36,37)(H2,50,51,52);13,16,18-21,24,39H,1-3,6-12,14-15,31H2,(H,33,40)(H,34,44)(H,37,41)(H,42,43)(H,45,46)(H,50,51)(H,52,53)(H2,32,35,36)(H2,47,48,49). The first-order valence-corrected chi connectivity index (χ1v) is 50.9. The zero-order valence-corrected chi connectivity index (χ0v) is 74.9. The fourth-order valence-electron chi connectivity index (χ4n) is 10.9. The number of nitrogens with zero attached hydrogens (tertiary/aromatic N) is 6. The highest BCUT2D eigenvalue weighted by Crippen LogP contribution is 2.67.